The number of imide groups is 1. The van der Waals surface area contributed by atoms with Gasteiger partial charge in [0.25, 0.3) is 5.91 Å². The number of nitrogen functional groups attached to an aromatic ring is 1. The standard InChI is InChI=1S/C15H15BrN4O2.CH2O/c16-9-4-5-11(14-8(9)2-1-3-10(14)17)20(18)12-6-7-13(21)19-15(12)22;1-2/h1-5,12H,6-7,17-18H2,(H,19,21,22);1H2. The minimum Gasteiger partial charge on any atom is -0.398 e. The van der Waals surface area contributed by atoms with Crippen LogP contribution >= 0.6 is 15.9 Å². The zero-order valence-corrected chi connectivity index (χ0v) is 14.4. The highest BCUT2D eigenvalue weighted by Crippen LogP contribution is 2.36. The zero-order chi connectivity index (χ0) is 17.9. The Morgan fingerprint density at radius 3 is 2.58 bits per heavy atom. The number of hydrogen-bond acceptors (Lipinski definition) is 6. The molecule has 1 aliphatic rings. The highest BCUT2D eigenvalue weighted by Gasteiger charge is 2.31. The molecule has 2 amide bonds. The van der Waals surface area contributed by atoms with Crippen LogP contribution in [0.3, 0.4) is 0 Å². The maximum absolute atomic E-state index is 12.0. The topological polar surface area (TPSA) is 119 Å². The number of nitrogens with two attached hydrogens (primary N) is 2. The van der Waals surface area contributed by atoms with Gasteiger partial charge in [-0.15, -0.1) is 0 Å². The number of benzene rings is 2. The van der Waals surface area contributed by atoms with Gasteiger partial charge in [-0.1, -0.05) is 28.1 Å². The number of hydrogen-bond donors (Lipinski definition) is 3. The van der Waals surface area contributed by atoms with Crippen LogP contribution in [0.1, 0.15) is 12.8 Å². The van der Waals surface area contributed by atoms with Gasteiger partial charge in [0.05, 0.1) is 5.69 Å². The van der Waals surface area contributed by atoms with E-state index in [2.05, 4.69) is 21.2 Å². The molecule has 0 saturated carbocycles. The second-order valence-electron chi connectivity index (χ2n) is 5.21. The Morgan fingerprint density at radius 1 is 1.21 bits per heavy atom. The van der Waals surface area contributed by atoms with E-state index in [-0.39, 0.29) is 18.2 Å². The molecule has 8 heteroatoms. The van der Waals surface area contributed by atoms with Crippen molar-refractivity contribution in [3.05, 3.63) is 34.8 Å². The van der Waals surface area contributed by atoms with E-state index in [1.54, 1.807) is 6.07 Å². The number of carbonyl (C=O) groups excluding carboxylic acids is 3. The van der Waals surface area contributed by atoms with Gasteiger partial charge in [-0.25, -0.2) is 5.84 Å². The highest BCUT2D eigenvalue weighted by molar-refractivity contribution is 9.10. The molecular formula is C16H17BrN4O3. The molecule has 1 aliphatic heterocycles. The van der Waals surface area contributed by atoms with Gasteiger partial charge in [-0.05, 0) is 24.6 Å². The molecule has 3 rings (SSSR count). The van der Waals surface area contributed by atoms with Crippen molar-refractivity contribution in [2.45, 2.75) is 18.9 Å². The van der Waals surface area contributed by atoms with Crippen LogP contribution in [0.15, 0.2) is 34.8 Å². The molecule has 24 heavy (non-hydrogen) atoms. The average molecular weight is 393 g/mol. The van der Waals surface area contributed by atoms with Crippen molar-refractivity contribution in [2.24, 2.45) is 5.84 Å². The van der Waals surface area contributed by atoms with Gasteiger partial charge in [0, 0.05) is 27.4 Å². The Kier molecular flexibility index (Phi) is 5.53. The third-order valence-corrected chi connectivity index (χ3v) is 4.51. The summed E-state index contributed by atoms with van der Waals surface area (Å²) >= 11 is 3.49. The summed E-state index contributed by atoms with van der Waals surface area (Å²) < 4.78 is 0.898. The maximum Gasteiger partial charge on any atom is 0.250 e. The molecular weight excluding hydrogens is 376 g/mol. The summed E-state index contributed by atoms with van der Waals surface area (Å²) in [7, 11) is 0. The normalized spacial score (nSPS) is 17.0. The first-order chi connectivity index (χ1) is 11.5. The molecule has 2 aromatic carbocycles. The molecule has 0 spiro atoms. The number of carbonyl (C=O) groups is 3. The van der Waals surface area contributed by atoms with E-state index in [9.17, 15) is 9.59 Å². The van der Waals surface area contributed by atoms with Crippen molar-refractivity contribution in [2.75, 3.05) is 10.7 Å². The molecule has 1 unspecified atom stereocenters. The number of nitrogens with one attached hydrogen (secondary N) is 1. The van der Waals surface area contributed by atoms with Crippen molar-refractivity contribution in [1.29, 1.82) is 0 Å². The maximum atomic E-state index is 12.0. The molecule has 1 heterocycles. The highest BCUT2D eigenvalue weighted by atomic mass is 79.9. The molecule has 0 bridgehead atoms. The Morgan fingerprint density at radius 2 is 1.92 bits per heavy atom. The van der Waals surface area contributed by atoms with Crippen LogP contribution in [0.5, 0.6) is 0 Å². The third kappa shape index (κ3) is 3.24. The number of piperidine rings is 1. The number of halogens is 1. The summed E-state index contributed by atoms with van der Waals surface area (Å²) in [6.45, 7) is 2.00. The van der Waals surface area contributed by atoms with E-state index in [4.69, 9.17) is 16.4 Å². The predicted molar refractivity (Wildman–Crippen MR) is 96.0 cm³/mol. The van der Waals surface area contributed by atoms with E-state index >= 15 is 0 Å². The van der Waals surface area contributed by atoms with Crippen LogP contribution in [0.2, 0.25) is 0 Å². The van der Waals surface area contributed by atoms with E-state index < -0.39 is 6.04 Å². The minimum atomic E-state index is -0.596. The van der Waals surface area contributed by atoms with Crippen LogP contribution in [-0.4, -0.2) is 24.6 Å². The SMILES string of the molecule is C=O.Nc1cccc2c(Br)ccc(N(N)C3CCC(=O)NC3=O)c12. The van der Waals surface area contributed by atoms with Crippen molar-refractivity contribution in [3.63, 3.8) is 0 Å². The van der Waals surface area contributed by atoms with Crippen molar-refractivity contribution in [1.82, 2.24) is 5.32 Å². The summed E-state index contributed by atoms with van der Waals surface area (Å²) in [4.78, 5) is 31.3. The van der Waals surface area contributed by atoms with E-state index in [0.29, 0.717) is 17.8 Å². The summed E-state index contributed by atoms with van der Waals surface area (Å²) in [6, 6.07) is 8.66. The second-order valence-corrected chi connectivity index (χ2v) is 6.06. The molecule has 1 atom stereocenters. The molecule has 5 N–H and O–H groups in total. The molecule has 126 valence electrons. The second kappa shape index (κ2) is 7.41. The Labute approximate surface area is 147 Å². The fraction of sp³-hybridized carbons (Fsp3) is 0.188. The summed E-state index contributed by atoms with van der Waals surface area (Å²) in [5.74, 6) is 5.53. The summed E-state index contributed by atoms with van der Waals surface area (Å²) in [5, 5.41) is 5.41. The lowest BCUT2D eigenvalue weighted by Gasteiger charge is -2.31. The van der Waals surface area contributed by atoms with Crippen LogP contribution in [0.25, 0.3) is 10.8 Å². The van der Waals surface area contributed by atoms with Gasteiger partial charge >= 0.3 is 0 Å². The molecule has 0 aliphatic carbocycles. The number of amides is 2. The Bertz CT molecular complexity index is 796. The molecule has 1 saturated heterocycles. The fourth-order valence-electron chi connectivity index (χ4n) is 2.71. The fourth-order valence-corrected chi connectivity index (χ4v) is 3.17. The monoisotopic (exact) mass is 392 g/mol. The van der Waals surface area contributed by atoms with E-state index in [0.717, 1.165) is 15.2 Å². The predicted octanol–water partition coefficient (Wildman–Crippen LogP) is 1.48. The van der Waals surface area contributed by atoms with Gasteiger partial charge in [0.2, 0.25) is 5.91 Å². The van der Waals surface area contributed by atoms with Gasteiger partial charge in [0.15, 0.2) is 0 Å². The number of hydrazine groups is 1. The first-order valence-electron chi connectivity index (χ1n) is 7.12. The smallest absolute Gasteiger partial charge is 0.250 e. The number of nitrogens with zero attached hydrogens (tertiary/aromatic N) is 1. The van der Waals surface area contributed by atoms with E-state index in [1.165, 1.54) is 5.01 Å². The first kappa shape index (κ1) is 17.9. The van der Waals surface area contributed by atoms with Crippen LogP contribution < -0.4 is 21.9 Å². The van der Waals surface area contributed by atoms with Crippen molar-refractivity contribution < 1.29 is 14.4 Å². The number of anilines is 2. The van der Waals surface area contributed by atoms with Gasteiger partial charge in [-0.2, -0.15) is 0 Å². The van der Waals surface area contributed by atoms with E-state index in [1.807, 2.05) is 31.1 Å². The molecule has 0 radical (unpaired) electrons. The average Bonchev–Trinajstić information content (AvgIpc) is 2.57. The number of fused-ring (bicyclic) bond motifs is 1. The largest absolute Gasteiger partial charge is 0.398 e. The van der Waals surface area contributed by atoms with Crippen LogP contribution in [-0.2, 0) is 14.4 Å². The number of rotatable bonds is 2. The quantitative estimate of drug-likeness (QED) is 0.308. The van der Waals surface area contributed by atoms with Crippen LogP contribution in [0.4, 0.5) is 11.4 Å². The van der Waals surface area contributed by atoms with Gasteiger partial charge < -0.3 is 10.5 Å². The Balaban J connectivity index is 0.00000100. The lowest BCUT2D eigenvalue weighted by molar-refractivity contribution is -0.134. The lowest BCUT2D eigenvalue weighted by atomic mass is 10.0. The van der Waals surface area contributed by atoms with Crippen molar-refractivity contribution >= 4 is 56.7 Å². The van der Waals surface area contributed by atoms with Gasteiger partial charge in [0.1, 0.15) is 12.8 Å². The minimum absolute atomic E-state index is 0.269. The Hall–Kier alpha value is -2.45. The molecule has 0 aromatic heterocycles. The molecule has 7 nitrogen and oxygen atoms in total. The molecule has 2 aromatic rings. The van der Waals surface area contributed by atoms with Crippen LogP contribution in [0, 0.1) is 0 Å². The first-order valence-corrected chi connectivity index (χ1v) is 7.91. The molecule has 1 fully saturated rings. The summed E-state index contributed by atoms with van der Waals surface area (Å²) in [5.41, 5.74) is 7.33. The van der Waals surface area contributed by atoms with Crippen molar-refractivity contribution in [3.8, 4) is 0 Å². The zero-order valence-electron chi connectivity index (χ0n) is 12.8. The third-order valence-electron chi connectivity index (χ3n) is 3.82. The lowest BCUT2D eigenvalue weighted by Crippen LogP contribution is -2.55. The summed E-state index contributed by atoms with van der Waals surface area (Å²) in [6.07, 6.45) is 0.652. The van der Waals surface area contributed by atoms with Gasteiger partial charge in [-0.3, -0.25) is 19.9 Å².